The van der Waals surface area contributed by atoms with E-state index in [1.807, 2.05) is 66.7 Å². The number of hydrogen-bond acceptors (Lipinski definition) is 8. The molecule has 0 radical (unpaired) electrons. The zero-order valence-electron chi connectivity index (χ0n) is 26.2. The van der Waals surface area contributed by atoms with Crippen LogP contribution in [0.2, 0.25) is 0 Å². The summed E-state index contributed by atoms with van der Waals surface area (Å²) in [5.74, 6) is -1.77. The number of nitrogens with zero attached hydrogens (tertiary/aromatic N) is 1. The second kappa shape index (κ2) is 15.8. The average Bonchev–Trinajstić information content (AvgIpc) is 3.47. The second-order valence-corrected chi connectivity index (χ2v) is 11.4. The molecule has 8 nitrogen and oxygen atoms in total. The van der Waals surface area contributed by atoms with Crippen molar-refractivity contribution in [3.63, 3.8) is 0 Å². The standard InChI is InChI=1S/C40H35NO7/c42-37(31-20-10-3-11-21-31)45-28-34-35(41(26-29-16-6-1-7-17-29)27-30-18-8-2-9-19-30)36(47-38(43)32-22-12-4-13-23-32)40(46-34)48-39(44)33-24-14-5-15-25-33/h1-25,34-36,40H,26-28H2. The van der Waals surface area contributed by atoms with Crippen LogP contribution in [0.5, 0.6) is 0 Å². The number of rotatable bonds is 12. The molecule has 0 amide bonds. The molecule has 1 aliphatic heterocycles. The van der Waals surface area contributed by atoms with Crippen LogP contribution in [0.3, 0.4) is 0 Å². The Morgan fingerprint density at radius 3 is 1.38 bits per heavy atom. The van der Waals surface area contributed by atoms with E-state index in [-0.39, 0.29) is 6.61 Å². The van der Waals surface area contributed by atoms with Gasteiger partial charge in [-0.3, -0.25) is 4.90 Å². The minimum atomic E-state index is -1.30. The molecule has 1 saturated heterocycles. The van der Waals surface area contributed by atoms with Gasteiger partial charge < -0.3 is 18.9 Å². The van der Waals surface area contributed by atoms with Gasteiger partial charge in [0.25, 0.3) is 0 Å². The molecule has 1 heterocycles. The third-order valence-corrected chi connectivity index (χ3v) is 8.05. The smallest absolute Gasteiger partial charge is 0.340 e. The molecule has 8 heteroatoms. The average molecular weight is 642 g/mol. The van der Waals surface area contributed by atoms with Crippen molar-refractivity contribution >= 4 is 17.9 Å². The molecule has 5 aromatic carbocycles. The van der Waals surface area contributed by atoms with Crippen LogP contribution in [-0.2, 0) is 32.0 Å². The van der Waals surface area contributed by atoms with Gasteiger partial charge in [0, 0.05) is 13.1 Å². The zero-order chi connectivity index (χ0) is 33.1. The fourth-order valence-corrected chi connectivity index (χ4v) is 5.74. The van der Waals surface area contributed by atoms with E-state index in [0.29, 0.717) is 29.8 Å². The van der Waals surface area contributed by atoms with Crippen LogP contribution >= 0.6 is 0 Å². The van der Waals surface area contributed by atoms with Gasteiger partial charge in [0.05, 0.1) is 22.7 Å². The van der Waals surface area contributed by atoms with Crippen LogP contribution < -0.4 is 0 Å². The van der Waals surface area contributed by atoms with Gasteiger partial charge in [-0.1, -0.05) is 115 Å². The number of carbonyl (C=O) groups is 3. The molecule has 0 aliphatic carbocycles. The lowest BCUT2D eigenvalue weighted by Gasteiger charge is -2.35. The summed E-state index contributed by atoms with van der Waals surface area (Å²) in [5.41, 5.74) is 3.05. The van der Waals surface area contributed by atoms with E-state index in [4.69, 9.17) is 18.9 Å². The summed E-state index contributed by atoms with van der Waals surface area (Å²) in [7, 11) is 0. The Balaban J connectivity index is 1.38. The quantitative estimate of drug-likeness (QED) is 0.110. The number of ether oxygens (including phenoxy) is 4. The van der Waals surface area contributed by atoms with E-state index < -0.39 is 42.4 Å². The van der Waals surface area contributed by atoms with Crippen molar-refractivity contribution < 1.29 is 33.3 Å². The van der Waals surface area contributed by atoms with E-state index in [0.717, 1.165) is 11.1 Å². The first-order valence-electron chi connectivity index (χ1n) is 15.8. The molecular formula is C40H35NO7. The first kappa shape index (κ1) is 32.4. The second-order valence-electron chi connectivity index (χ2n) is 11.4. The lowest BCUT2D eigenvalue weighted by atomic mass is 10.0. The monoisotopic (exact) mass is 641 g/mol. The van der Waals surface area contributed by atoms with Crippen molar-refractivity contribution in [1.29, 1.82) is 0 Å². The Hall–Kier alpha value is -5.57. The van der Waals surface area contributed by atoms with Crippen LogP contribution in [0.4, 0.5) is 0 Å². The predicted molar refractivity (Wildman–Crippen MR) is 179 cm³/mol. The summed E-state index contributed by atoms with van der Waals surface area (Å²) in [4.78, 5) is 42.2. The maximum atomic E-state index is 13.6. The summed E-state index contributed by atoms with van der Waals surface area (Å²) in [6.45, 7) is 0.689. The molecule has 5 aromatic rings. The number of esters is 3. The summed E-state index contributed by atoms with van der Waals surface area (Å²) in [5, 5.41) is 0. The maximum absolute atomic E-state index is 13.6. The van der Waals surface area contributed by atoms with Crippen LogP contribution in [0.1, 0.15) is 42.2 Å². The molecule has 0 bridgehead atoms. The summed E-state index contributed by atoms with van der Waals surface area (Å²) >= 11 is 0. The molecule has 0 saturated carbocycles. The van der Waals surface area contributed by atoms with E-state index in [9.17, 15) is 14.4 Å². The van der Waals surface area contributed by atoms with E-state index in [1.54, 1.807) is 84.9 Å². The SMILES string of the molecule is O=C(OCC1OC(OC(=O)c2ccccc2)C(OC(=O)c2ccccc2)C1N(Cc1ccccc1)Cc1ccccc1)c1ccccc1. The van der Waals surface area contributed by atoms with Crippen molar-refractivity contribution in [2.75, 3.05) is 6.61 Å². The normalized spacial score (nSPS) is 18.6. The van der Waals surface area contributed by atoms with Gasteiger partial charge >= 0.3 is 17.9 Å². The Labute approximate surface area is 279 Å². The number of hydrogen-bond donors (Lipinski definition) is 0. The van der Waals surface area contributed by atoms with Crippen molar-refractivity contribution in [1.82, 2.24) is 4.90 Å². The summed E-state index contributed by atoms with van der Waals surface area (Å²) < 4.78 is 24.4. The first-order chi connectivity index (χ1) is 23.5. The highest BCUT2D eigenvalue weighted by atomic mass is 16.7. The van der Waals surface area contributed by atoms with Crippen LogP contribution in [0, 0.1) is 0 Å². The lowest BCUT2D eigenvalue weighted by Crippen LogP contribution is -2.50. The van der Waals surface area contributed by atoms with Crippen molar-refractivity contribution in [2.45, 2.75) is 37.6 Å². The van der Waals surface area contributed by atoms with Gasteiger partial charge in [-0.25, -0.2) is 14.4 Å². The Kier molecular flexibility index (Phi) is 10.7. The highest BCUT2D eigenvalue weighted by Gasteiger charge is 2.52. The third kappa shape index (κ3) is 8.22. The minimum Gasteiger partial charge on any atom is -0.459 e. The van der Waals surface area contributed by atoms with E-state index >= 15 is 0 Å². The number of benzene rings is 5. The molecule has 4 unspecified atom stereocenters. The van der Waals surface area contributed by atoms with Gasteiger partial charge in [0.1, 0.15) is 12.7 Å². The van der Waals surface area contributed by atoms with Gasteiger partial charge in [0.2, 0.25) is 6.29 Å². The Morgan fingerprint density at radius 1 is 0.521 bits per heavy atom. The van der Waals surface area contributed by atoms with Crippen molar-refractivity contribution in [3.8, 4) is 0 Å². The minimum absolute atomic E-state index is 0.183. The molecule has 0 aromatic heterocycles. The van der Waals surface area contributed by atoms with E-state index in [2.05, 4.69) is 4.90 Å². The lowest BCUT2D eigenvalue weighted by molar-refractivity contribution is -0.141. The maximum Gasteiger partial charge on any atom is 0.340 e. The Bertz CT molecular complexity index is 1730. The number of carbonyl (C=O) groups excluding carboxylic acids is 3. The predicted octanol–water partition coefficient (Wildman–Crippen LogP) is 6.72. The topological polar surface area (TPSA) is 91.4 Å². The highest BCUT2D eigenvalue weighted by molar-refractivity contribution is 5.90. The fraction of sp³-hybridized carbons (Fsp3) is 0.175. The van der Waals surface area contributed by atoms with Gasteiger partial charge in [0.15, 0.2) is 6.10 Å². The molecule has 0 spiro atoms. The fourth-order valence-electron chi connectivity index (χ4n) is 5.74. The van der Waals surface area contributed by atoms with Crippen LogP contribution in [0.15, 0.2) is 152 Å². The third-order valence-electron chi connectivity index (χ3n) is 8.05. The van der Waals surface area contributed by atoms with E-state index in [1.165, 1.54) is 0 Å². The summed E-state index contributed by atoms with van der Waals surface area (Å²) in [6, 6.07) is 44.9. The summed E-state index contributed by atoms with van der Waals surface area (Å²) in [6.07, 6.45) is -3.23. The zero-order valence-corrected chi connectivity index (χ0v) is 26.2. The molecule has 4 atom stereocenters. The largest absolute Gasteiger partial charge is 0.459 e. The molecule has 0 N–H and O–H groups in total. The van der Waals surface area contributed by atoms with Crippen molar-refractivity contribution in [2.24, 2.45) is 0 Å². The van der Waals surface area contributed by atoms with Gasteiger partial charge in [-0.2, -0.15) is 0 Å². The molecule has 48 heavy (non-hydrogen) atoms. The molecule has 1 fully saturated rings. The van der Waals surface area contributed by atoms with Gasteiger partial charge in [-0.15, -0.1) is 0 Å². The molecule has 6 rings (SSSR count). The molecule has 1 aliphatic rings. The molecular weight excluding hydrogens is 606 g/mol. The van der Waals surface area contributed by atoms with Crippen molar-refractivity contribution in [3.05, 3.63) is 179 Å². The highest BCUT2D eigenvalue weighted by Crippen LogP contribution is 2.33. The van der Waals surface area contributed by atoms with Gasteiger partial charge in [-0.05, 0) is 47.5 Å². The van der Waals surface area contributed by atoms with Crippen LogP contribution in [-0.4, -0.2) is 54.0 Å². The first-order valence-corrected chi connectivity index (χ1v) is 15.8. The molecule has 242 valence electrons. The van der Waals surface area contributed by atoms with Crippen LogP contribution in [0.25, 0.3) is 0 Å². The Morgan fingerprint density at radius 2 is 0.917 bits per heavy atom.